The van der Waals surface area contributed by atoms with Gasteiger partial charge in [-0.05, 0) is 39.3 Å². The number of allylic oxidation sites excluding steroid dienone is 1. The van der Waals surface area contributed by atoms with Crippen LogP contribution in [0.4, 0.5) is 0 Å². The summed E-state index contributed by atoms with van der Waals surface area (Å²) in [6.45, 7) is 8.15. The van der Waals surface area contributed by atoms with Gasteiger partial charge >= 0.3 is 0 Å². The maximum Gasteiger partial charge on any atom is 0.107 e. The predicted octanol–water partition coefficient (Wildman–Crippen LogP) is 3.36. The van der Waals surface area contributed by atoms with Crippen LogP contribution in [0.5, 0.6) is 0 Å². The van der Waals surface area contributed by atoms with E-state index in [-0.39, 0.29) is 0 Å². The van der Waals surface area contributed by atoms with Gasteiger partial charge in [0.05, 0.1) is 0 Å². The molecule has 1 nitrogen and oxygen atoms in total. The first-order valence-corrected chi connectivity index (χ1v) is 5.22. The maximum atomic E-state index is 9.76. The summed E-state index contributed by atoms with van der Waals surface area (Å²) in [5.74, 6) is 0. The van der Waals surface area contributed by atoms with E-state index in [9.17, 15) is 5.11 Å². The van der Waals surface area contributed by atoms with E-state index in [1.165, 1.54) is 10.4 Å². The Hall–Kier alpha value is -0.600. The maximum absolute atomic E-state index is 9.76. The van der Waals surface area contributed by atoms with E-state index >= 15 is 0 Å². The highest BCUT2D eigenvalue weighted by Crippen LogP contribution is 2.27. The van der Waals surface area contributed by atoms with Gasteiger partial charge < -0.3 is 5.11 Å². The Balaban J connectivity index is 2.89. The lowest BCUT2D eigenvalue weighted by atomic mass is 10.2. The molecular weight excluding hydrogens is 180 g/mol. The number of aliphatic hydroxyl groups excluding tert-OH is 1. The topological polar surface area (TPSA) is 20.2 Å². The number of aliphatic hydroxyl groups is 1. The van der Waals surface area contributed by atoms with Gasteiger partial charge in [0.15, 0.2) is 0 Å². The molecule has 0 saturated carbocycles. The lowest BCUT2D eigenvalue weighted by Gasteiger charge is -2.02. The molecule has 1 rings (SSSR count). The van der Waals surface area contributed by atoms with Crippen LogP contribution in [0, 0.1) is 13.8 Å². The van der Waals surface area contributed by atoms with Crippen molar-refractivity contribution in [2.45, 2.75) is 33.8 Å². The van der Waals surface area contributed by atoms with Gasteiger partial charge in [0.1, 0.15) is 6.10 Å². The van der Waals surface area contributed by atoms with Crippen molar-refractivity contribution in [1.29, 1.82) is 0 Å². The Bertz CT molecular complexity index is 299. The summed E-state index contributed by atoms with van der Waals surface area (Å²) in [6, 6.07) is 2.06. The molecule has 0 aliphatic carbocycles. The average Bonchev–Trinajstić information content (AvgIpc) is 2.31. The van der Waals surface area contributed by atoms with Crippen LogP contribution in [-0.2, 0) is 0 Å². The van der Waals surface area contributed by atoms with Crippen LogP contribution in [0.1, 0.15) is 35.3 Å². The van der Waals surface area contributed by atoms with E-state index in [1.54, 1.807) is 11.3 Å². The van der Waals surface area contributed by atoms with Crippen LogP contribution in [0.15, 0.2) is 17.7 Å². The fourth-order valence-electron chi connectivity index (χ4n) is 1.15. The highest BCUT2D eigenvalue weighted by molar-refractivity contribution is 7.12. The van der Waals surface area contributed by atoms with Gasteiger partial charge in [-0.15, -0.1) is 11.3 Å². The van der Waals surface area contributed by atoms with E-state index in [0.29, 0.717) is 0 Å². The smallest absolute Gasteiger partial charge is 0.107 e. The highest BCUT2D eigenvalue weighted by Gasteiger charge is 2.08. The molecule has 0 aliphatic heterocycles. The van der Waals surface area contributed by atoms with E-state index in [4.69, 9.17) is 0 Å². The second-order valence-corrected chi connectivity index (χ2v) is 4.86. The van der Waals surface area contributed by atoms with Gasteiger partial charge in [-0.25, -0.2) is 0 Å². The summed E-state index contributed by atoms with van der Waals surface area (Å²) in [5.41, 5.74) is 2.41. The molecule has 1 unspecified atom stereocenters. The zero-order chi connectivity index (χ0) is 10.0. The molecule has 1 aromatic heterocycles. The van der Waals surface area contributed by atoms with Crippen molar-refractivity contribution in [2.24, 2.45) is 0 Å². The first-order valence-electron chi connectivity index (χ1n) is 4.40. The molecule has 13 heavy (non-hydrogen) atoms. The Labute approximate surface area is 83.7 Å². The molecule has 0 radical (unpaired) electrons. The molecule has 0 saturated heterocycles. The first-order chi connectivity index (χ1) is 6.00. The number of hydrogen-bond donors (Lipinski definition) is 1. The molecule has 1 atom stereocenters. The molecule has 72 valence electrons. The van der Waals surface area contributed by atoms with Crippen LogP contribution < -0.4 is 0 Å². The quantitative estimate of drug-likeness (QED) is 0.719. The largest absolute Gasteiger partial charge is 0.383 e. The monoisotopic (exact) mass is 196 g/mol. The summed E-state index contributed by atoms with van der Waals surface area (Å²) in [6.07, 6.45) is 1.45. The molecule has 1 heterocycles. The van der Waals surface area contributed by atoms with Crippen LogP contribution in [0.3, 0.4) is 0 Å². The number of aryl methyl sites for hydroxylation is 2. The molecule has 0 amide bonds. The summed E-state index contributed by atoms with van der Waals surface area (Å²) in [5, 5.41) is 9.76. The van der Waals surface area contributed by atoms with Crippen LogP contribution in [-0.4, -0.2) is 5.11 Å². The normalized spacial score (nSPS) is 12.7. The second kappa shape index (κ2) is 4.07. The third-order valence-electron chi connectivity index (χ3n) is 1.97. The summed E-state index contributed by atoms with van der Waals surface area (Å²) < 4.78 is 0. The van der Waals surface area contributed by atoms with Crippen molar-refractivity contribution in [3.8, 4) is 0 Å². The SMILES string of the molecule is CC(C)=CC(O)c1cc(C)c(C)s1. The van der Waals surface area contributed by atoms with Crippen molar-refractivity contribution in [1.82, 2.24) is 0 Å². The van der Waals surface area contributed by atoms with E-state index in [0.717, 1.165) is 10.5 Å². The van der Waals surface area contributed by atoms with Gasteiger partial charge in [0, 0.05) is 9.75 Å². The summed E-state index contributed by atoms with van der Waals surface area (Å²) in [4.78, 5) is 2.33. The van der Waals surface area contributed by atoms with Crippen molar-refractivity contribution in [3.05, 3.63) is 33.0 Å². The van der Waals surface area contributed by atoms with Crippen molar-refractivity contribution in [2.75, 3.05) is 0 Å². The number of hydrogen-bond acceptors (Lipinski definition) is 2. The number of thiophene rings is 1. The summed E-state index contributed by atoms with van der Waals surface area (Å²) >= 11 is 1.67. The lowest BCUT2D eigenvalue weighted by Crippen LogP contribution is -1.89. The minimum Gasteiger partial charge on any atom is -0.383 e. The van der Waals surface area contributed by atoms with Gasteiger partial charge in [-0.1, -0.05) is 11.6 Å². The predicted molar refractivity (Wildman–Crippen MR) is 58.2 cm³/mol. The second-order valence-electron chi connectivity index (χ2n) is 3.58. The zero-order valence-corrected chi connectivity index (χ0v) is 9.40. The molecule has 1 N–H and O–H groups in total. The molecule has 0 fully saturated rings. The zero-order valence-electron chi connectivity index (χ0n) is 8.59. The van der Waals surface area contributed by atoms with Crippen LogP contribution in [0.25, 0.3) is 0 Å². The van der Waals surface area contributed by atoms with Gasteiger partial charge in [0.2, 0.25) is 0 Å². The number of rotatable bonds is 2. The van der Waals surface area contributed by atoms with Crippen molar-refractivity contribution < 1.29 is 5.11 Å². The highest BCUT2D eigenvalue weighted by atomic mass is 32.1. The van der Waals surface area contributed by atoms with Gasteiger partial charge in [-0.3, -0.25) is 0 Å². The minimum absolute atomic E-state index is 0.428. The van der Waals surface area contributed by atoms with Gasteiger partial charge in [0.25, 0.3) is 0 Å². The van der Waals surface area contributed by atoms with E-state index in [2.05, 4.69) is 19.9 Å². The van der Waals surface area contributed by atoms with Crippen molar-refractivity contribution in [3.63, 3.8) is 0 Å². The van der Waals surface area contributed by atoms with Crippen LogP contribution >= 0.6 is 11.3 Å². The van der Waals surface area contributed by atoms with Crippen molar-refractivity contribution >= 4 is 11.3 Å². The standard InChI is InChI=1S/C11H16OS/c1-7(2)5-10(12)11-6-8(3)9(4)13-11/h5-6,10,12H,1-4H3. The molecule has 2 heteroatoms. The van der Waals surface area contributed by atoms with Crippen LogP contribution in [0.2, 0.25) is 0 Å². The molecule has 1 aromatic rings. The first kappa shape index (κ1) is 10.5. The third-order valence-corrected chi connectivity index (χ3v) is 3.19. The third kappa shape index (κ3) is 2.68. The Morgan fingerprint density at radius 2 is 2.08 bits per heavy atom. The van der Waals surface area contributed by atoms with E-state index in [1.807, 2.05) is 19.9 Å². The molecule has 0 bridgehead atoms. The minimum atomic E-state index is -0.428. The molecule has 0 spiro atoms. The Morgan fingerprint density at radius 3 is 2.46 bits per heavy atom. The average molecular weight is 196 g/mol. The fraction of sp³-hybridized carbons (Fsp3) is 0.455. The Kier molecular flexibility index (Phi) is 3.28. The molecule has 0 aromatic carbocycles. The lowest BCUT2D eigenvalue weighted by molar-refractivity contribution is 0.231. The molecule has 0 aliphatic rings. The molecular formula is C11H16OS. The Morgan fingerprint density at radius 1 is 1.46 bits per heavy atom. The fourth-order valence-corrected chi connectivity index (χ4v) is 2.14. The van der Waals surface area contributed by atoms with E-state index < -0.39 is 6.10 Å². The summed E-state index contributed by atoms with van der Waals surface area (Å²) in [7, 11) is 0. The van der Waals surface area contributed by atoms with Gasteiger partial charge in [-0.2, -0.15) is 0 Å².